The summed E-state index contributed by atoms with van der Waals surface area (Å²) in [5, 5.41) is 8.79. The molecule has 0 amide bonds. The number of benzene rings is 2. The molecule has 1 atom stereocenters. The van der Waals surface area contributed by atoms with Gasteiger partial charge >= 0.3 is 5.97 Å². The Morgan fingerprint density at radius 2 is 1.64 bits per heavy atom. The van der Waals surface area contributed by atoms with Gasteiger partial charge in [0.25, 0.3) is 0 Å². The van der Waals surface area contributed by atoms with E-state index in [1.165, 1.54) is 6.92 Å². The van der Waals surface area contributed by atoms with Gasteiger partial charge in [-0.3, -0.25) is 4.79 Å². The van der Waals surface area contributed by atoms with Gasteiger partial charge in [-0.25, -0.2) is 8.42 Å². The molecule has 0 bridgehead atoms. The number of aryl methyl sites for hydroxylation is 2. The number of nitrogens with zero attached hydrogens (tertiary/aromatic N) is 1. The van der Waals surface area contributed by atoms with Gasteiger partial charge in [0, 0.05) is 0 Å². The van der Waals surface area contributed by atoms with E-state index in [9.17, 15) is 13.2 Å². The second-order valence-electron chi connectivity index (χ2n) is 6.85. The van der Waals surface area contributed by atoms with E-state index in [1.807, 2.05) is 26.0 Å². The van der Waals surface area contributed by atoms with Crippen LogP contribution in [0.15, 0.2) is 35.2 Å². The van der Waals surface area contributed by atoms with Crippen LogP contribution in [0.4, 0.5) is 0 Å². The molecule has 0 spiro atoms. The average molecular weight is 401 g/mol. The van der Waals surface area contributed by atoms with Gasteiger partial charge in [-0.05, 0) is 74.6 Å². The Morgan fingerprint density at radius 1 is 1.11 bits per heavy atom. The lowest BCUT2D eigenvalue weighted by molar-refractivity contribution is -0.146. The molecular weight excluding hydrogens is 376 g/mol. The van der Waals surface area contributed by atoms with E-state index >= 15 is 0 Å². The quantitative estimate of drug-likeness (QED) is 0.751. The first-order chi connectivity index (χ1) is 13.1. The van der Waals surface area contributed by atoms with Gasteiger partial charge in [-0.2, -0.15) is 9.98 Å². The highest BCUT2D eigenvalue weighted by Crippen LogP contribution is 2.26. The van der Waals surface area contributed by atoms with Crippen molar-refractivity contribution in [3.8, 4) is 6.07 Å². The number of nitrogens with one attached hydrogen (secondary N) is 1. The second kappa shape index (κ2) is 8.55. The van der Waals surface area contributed by atoms with Gasteiger partial charge in [0.15, 0.2) is 0 Å². The molecule has 0 saturated carbocycles. The van der Waals surface area contributed by atoms with Crippen molar-refractivity contribution in [2.24, 2.45) is 0 Å². The molecular formula is C21H24N2O4S. The van der Waals surface area contributed by atoms with Crippen LogP contribution in [0.5, 0.6) is 0 Å². The van der Waals surface area contributed by atoms with E-state index in [1.54, 1.807) is 38.1 Å². The maximum Gasteiger partial charge on any atom is 0.324 e. The van der Waals surface area contributed by atoms with E-state index < -0.39 is 22.0 Å². The third-order valence-electron chi connectivity index (χ3n) is 4.72. The molecule has 0 unspecified atom stereocenters. The number of hydrogen-bond acceptors (Lipinski definition) is 5. The number of carbonyl (C=O) groups is 1. The standard InChI is InChI=1S/C21H24N2O4S/c1-13-10-14(2)16(4)20(15(13)3)28(25,26)23-17(5)21(24)27-12-19-8-6-18(11-22)7-9-19/h6-10,17,23H,12H2,1-5H3/t17-/m0/s1. The van der Waals surface area contributed by atoms with Crippen LogP contribution in [0.2, 0.25) is 0 Å². The molecule has 2 aromatic carbocycles. The van der Waals surface area contributed by atoms with Crippen LogP contribution < -0.4 is 4.72 Å². The van der Waals surface area contributed by atoms with Gasteiger partial charge < -0.3 is 4.74 Å². The molecule has 0 aliphatic rings. The minimum atomic E-state index is -3.89. The van der Waals surface area contributed by atoms with E-state index in [0.29, 0.717) is 22.3 Å². The zero-order valence-corrected chi connectivity index (χ0v) is 17.5. The van der Waals surface area contributed by atoms with Crippen LogP contribution in [-0.4, -0.2) is 20.4 Å². The molecule has 7 heteroatoms. The smallest absolute Gasteiger partial charge is 0.324 e. The zero-order chi connectivity index (χ0) is 21.1. The minimum absolute atomic E-state index is 0.00177. The van der Waals surface area contributed by atoms with Crippen LogP contribution in [0, 0.1) is 39.0 Å². The van der Waals surface area contributed by atoms with Crippen LogP contribution in [-0.2, 0) is 26.2 Å². The molecule has 0 saturated heterocycles. The minimum Gasteiger partial charge on any atom is -0.460 e. The third kappa shape index (κ3) is 4.77. The molecule has 28 heavy (non-hydrogen) atoms. The first-order valence-corrected chi connectivity index (χ1v) is 10.3. The van der Waals surface area contributed by atoms with E-state index in [0.717, 1.165) is 11.1 Å². The number of ether oxygens (including phenoxy) is 1. The first-order valence-electron chi connectivity index (χ1n) is 8.82. The second-order valence-corrected chi connectivity index (χ2v) is 8.50. The Hall–Kier alpha value is -2.69. The first kappa shape index (κ1) is 21.6. The number of esters is 1. The van der Waals surface area contributed by atoms with E-state index in [2.05, 4.69) is 4.72 Å². The predicted molar refractivity (Wildman–Crippen MR) is 106 cm³/mol. The predicted octanol–water partition coefficient (Wildman–Crippen LogP) is 3.20. The van der Waals surface area contributed by atoms with E-state index in [4.69, 9.17) is 10.00 Å². The summed E-state index contributed by atoms with van der Waals surface area (Å²) in [6.45, 7) is 8.67. The van der Waals surface area contributed by atoms with Crippen molar-refractivity contribution < 1.29 is 17.9 Å². The van der Waals surface area contributed by atoms with Crippen molar-refractivity contribution in [3.63, 3.8) is 0 Å². The lowest BCUT2D eigenvalue weighted by Gasteiger charge is -2.18. The summed E-state index contributed by atoms with van der Waals surface area (Å²) in [6.07, 6.45) is 0. The van der Waals surface area contributed by atoms with Gasteiger partial charge in [-0.1, -0.05) is 18.2 Å². The summed E-state index contributed by atoms with van der Waals surface area (Å²) < 4.78 is 33.4. The third-order valence-corrected chi connectivity index (χ3v) is 6.53. The maximum absolute atomic E-state index is 12.9. The van der Waals surface area contributed by atoms with Gasteiger partial charge in [0.1, 0.15) is 12.6 Å². The number of carbonyl (C=O) groups excluding carboxylic acids is 1. The highest BCUT2D eigenvalue weighted by molar-refractivity contribution is 7.89. The van der Waals surface area contributed by atoms with Crippen molar-refractivity contribution in [1.82, 2.24) is 4.72 Å². The Bertz CT molecular complexity index is 1010. The molecule has 0 aromatic heterocycles. The summed E-state index contributed by atoms with van der Waals surface area (Å²) in [6, 6.07) is 9.53. The molecule has 0 heterocycles. The average Bonchev–Trinajstić information content (AvgIpc) is 2.64. The van der Waals surface area contributed by atoms with Crippen molar-refractivity contribution in [3.05, 3.63) is 63.7 Å². The highest BCUT2D eigenvalue weighted by Gasteiger charge is 2.27. The van der Waals surface area contributed by atoms with Crippen molar-refractivity contribution in [2.75, 3.05) is 0 Å². The molecule has 0 aliphatic heterocycles. The molecule has 2 aromatic rings. The topological polar surface area (TPSA) is 96.3 Å². The van der Waals surface area contributed by atoms with Crippen LogP contribution in [0.1, 0.15) is 40.3 Å². The summed E-state index contributed by atoms with van der Waals surface area (Å²) in [4.78, 5) is 12.5. The Morgan fingerprint density at radius 3 is 2.14 bits per heavy atom. The summed E-state index contributed by atoms with van der Waals surface area (Å²) in [5.41, 5.74) is 4.29. The summed E-state index contributed by atoms with van der Waals surface area (Å²) >= 11 is 0. The molecule has 6 nitrogen and oxygen atoms in total. The van der Waals surface area contributed by atoms with Crippen molar-refractivity contribution in [2.45, 2.75) is 52.2 Å². The van der Waals surface area contributed by atoms with Gasteiger partial charge in [-0.15, -0.1) is 0 Å². The van der Waals surface area contributed by atoms with Gasteiger partial charge in [0.2, 0.25) is 10.0 Å². The monoisotopic (exact) mass is 400 g/mol. The van der Waals surface area contributed by atoms with Gasteiger partial charge in [0.05, 0.1) is 16.5 Å². The molecule has 0 radical (unpaired) electrons. The molecule has 0 aliphatic carbocycles. The molecule has 2 rings (SSSR count). The molecule has 1 N–H and O–H groups in total. The van der Waals surface area contributed by atoms with Crippen molar-refractivity contribution in [1.29, 1.82) is 5.26 Å². The largest absolute Gasteiger partial charge is 0.460 e. The molecule has 148 valence electrons. The highest BCUT2D eigenvalue weighted by atomic mass is 32.2. The van der Waals surface area contributed by atoms with Crippen molar-refractivity contribution >= 4 is 16.0 Å². The Labute approximate surface area is 166 Å². The number of hydrogen-bond donors (Lipinski definition) is 1. The fourth-order valence-electron chi connectivity index (χ4n) is 2.88. The summed E-state index contributed by atoms with van der Waals surface area (Å²) in [7, 11) is -3.89. The maximum atomic E-state index is 12.9. The zero-order valence-electron chi connectivity index (χ0n) is 16.7. The van der Waals surface area contributed by atoms with Crippen LogP contribution in [0.25, 0.3) is 0 Å². The fourth-order valence-corrected chi connectivity index (χ4v) is 4.69. The Kier molecular flexibility index (Phi) is 6.60. The lowest BCUT2D eigenvalue weighted by atomic mass is 10.0. The SMILES string of the molecule is Cc1cc(C)c(C)c(S(=O)(=O)N[C@@H](C)C(=O)OCc2ccc(C#N)cc2)c1C. The number of sulfonamides is 1. The Balaban J connectivity index is 2.11. The number of nitriles is 1. The fraction of sp³-hybridized carbons (Fsp3) is 0.333. The van der Waals surface area contributed by atoms with Crippen LogP contribution in [0.3, 0.4) is 0 Å². The lowest BCUT2D eigenvalue weighted by Crippen LogP contribution is -2.40. The van der Waals surface area contributed by atoms with E-state index in [-0.39, 0.29) is 11.5 Å². The van der Waals surface area contributed by atoms with Crippen LogP contribution >= 0.6 is 0 Å². The summed E-state index contributed by atoms with van der Waals surface area (Å²) in [5.74, 6) is -0.674. The molecule has 0 fully saturated rings. The number of rotatable bonds is 6. The normalized spacial score (nSPS) is 12.3.